The maximum atomic E-state index is 13.0. The summed E-state index contributed by atoms with van der Waals surface area (Å²) >= 11 is 0. The minimum Gasteiger partial charge on any atom is -0.493 e. The van der Waals surface area contributed by atoms with E-state index in [4.69, 9.17) is 14.2 Å². The van der Waals surface area contributed by atoms with Crippen molar-refractivity contribution in [2.24, 2.45) is 0 Å². The van der Waals surface area contributed by atoms with Crippen LogP contribution >= 0.6 is 0 Å². The number of carbonyl (C=O) groups is 1. The minimum atomic E-state index is -0.0302. The van der Waals surface area contributed by atoms with Crippen molar-refractivity contribution in [2.45, 2.75) is 25.4 Å². The van der Waals surface area contributed by atoms with Gasteiger partial charge < -0.3 is 19.1 Å². The molecule has 1 N–H and O–H groups in total. The second-order valence-corrected chi connectivity index (χ2v) is 6.65. The topological polar surface area (TPSA) is 76.7 Å². The number of methoxy groups -OCH3 is 2. The third-order valence-corrected chi connectivity index (χ3v) is 5.25. The molecule has 26 heavy (non-hydrogen) atoms. The lowest BCUT2D eigenvalue weighted by molar-refractivity contribution is 0.0770. The average Bonchev–Trinajstić information content (AvgIpc) is 3.34. The molecule has 1 atom stereocenters. The highest BCUT2D eigenvalue weighted by Gasteiger charge is 2.33. The molecule has 3 heterocycles. The lowest BCUT2D eigenvalue weighted by atomic mass is 9.97. The Labute approximate surface area is 152 Å². The summed E-state index contributed by atoms with van der Waals surface area (Å²) in [5.41, 5.74) is 3.50. The highest BCUT2D eigenvalue weighted by molar-refractivity contribution is 5.94. The highest BCUT2D eigenvalue weighted by atomic mass is 16.5. The molecule has 0 radical (unpaired) electrons. The van der Waals surface area contributed by atoms with Crippen LogP contribution in [0.2, 0.25) is 0 Å². The summed E-state index contributed by atoms with van der Waals surface area (Å²) in [6, 6.07) is 5.89. The number of carbonyl (C=O) groups excluding carboxylic acids is 1. The Hall–Kier alpha value is -2.54. The van der Waals surface area contributed by atoms with Crippen LogP contribution in [0.1, 0.15) is 39.6 Å². The van der Waals surface area contributed by atoms with Gasteiger partial charge in [0.25, 0.3) is 5.91 Å². The molecule has 4 rings (SSSR count). The highest BCUT2D eigenvalue weighted by Crippen LogP contribution is 2.39. The Morgan fingerprint density at radius 1 is 1.35 bits per heavy atom. The van der Waals surface area contributed by atoms with Crippen molar-refractivity contribution < 1.29 is 19.0 Å². The van der Waals surface area contributed by atoms with Gasteiger partial charge >= 0.3 is 0 Å². The van der Waals surface area contributed by atoms with Crippen molar-refractivity contribution >= 4 is 5.91 Å². The van der Waals surface area contributed by atoms with Gasteiger partial charge in [0.1, 0.15) is 0 Å². The first-order valence-electron chi connectivity index (χ1n) is 8.87. The van der Waals surface area contributed by atoms with Gasteiger partial charge in [0.2, 0.25) is 0 Å². The van der Waals surface area contributed by atoms with E-state index in [2.05, 4.69) is 10.2 Å². The monoisotopic (exact) mass is 357 g/mol. The van der Waals surface area contributed by atoms with Gasteiger partial charge in [0.15, 0.2) is 17.2 Å². The number of rotatable bonds is 4. The number of fused-ring (bicyclic) bond motifs is 1. The van der Waals surface area contributed by atoms with E-state index in [1.165, 1.54) is 0 Å². The summed E-state index contributed by atoms with van der Waals surface area (Å²) in [7, 11) is 3.28. The normalized spacial score (nSPS) is 19.3. The second kappa shape index (κ2) is 6.99. The van der Waals surface area contributed by atoms with Crippen molar-refractivity contribution in [3.63, 3.8) is 0 Å². The van der Waals surface area contributed by atoms with Gasteiger partial charge in [-0.05, 0) is 12.5 Å². The fourth-order valence-electron chi connectivity index (χ4n) is 3.87. The number of ether oxygens (including phenoxy) is 3. The molecule has 1 amide bonds. The van der Waals surface area contributed by atoms with E-state index in [0.717, 1.165) is 35.4 Å². The summed E-state index contributed by atoms with van der Waals surface area (Å²) < 4.78 is 16.5. The summed E-state index contributed by atoms with van der Waals surface area (Å²) in [6.45, 7) is 2.47. The molecular weight excluding hydrogens is 334 g/mol. The van der Waals surface area contributed by atoms with Gasteiger partial charge in [-0.3, -0.25) is 9.89 Å². The maximum Gasteiger partial charge on any atom is 0.274 e. The predicted molar refractivity (Wildman–Crippen MR) is 94.8 cm³/mol. The van der Waals surface area contributed by atoms with E-state index in [0.29, 0.717) is 37.7 Å². The lowest BCUT2D eigenvalue weighted by Crippen LogP contribution is -2.30. The van der Waals surface area contributed by atoms with Gasteiger partial charge in [-0.1, -0.05) is 12.1 Å². The molecule has 0 bridgehead atoms. The van der Waals surface area contributed by atoms with Crippen LogP contribution in [-0.4, -0.2) is 54.9 Å². The molecule has 2 aliphatic heterocycles. The summed E-state index contributed by atoms with van der Waals surface area (Å²) in [5, 5.41) is 7.25. The second-order valence-electron chi connectivity index (χ2n) is 6.65. The smallest absolute Gasteiger partial charge is 0.274 e. The van der Waals surface area contributed by atoms with Crippen molar-refractivity contribution in [3.05, 3.63) is 40.7 Å². The van der Waals surface area contributed by atoms with Gasteiger partial charge in [-0.25, -0.2) is 0 Å². The van der Waals surface area contributed by atoms with Crippen molar-refractivity contribution in [2.75, 3.05) is 33.9 Å². The number of H-pyrrole nitrogens is 1. The average molecular weight is 357 g/mol. The van der Waals surface area contributed by atoms with E-state index in [9.17, 15) is 4.79 Å². The van der Waals surface area contributed by atoms with E-state index >= 15 is 0 Å². The van der Waals surface area contributed by atoms with Gasteiger partial charge in [0, 0.05) is 42.2 Å². The number of aromatic amines is 1. The number of likely N-dealkylation sites (tertiary alicyclic amines) is 1. The molecule has 1 saturated heterocycles. The van der Waals surface area contributed by atoms with Gasteiger partial charge in [0.05, 0.1) is 27.4 Å². The third-order valence-electron chi connectivity index (χ3n) is 5.25. The van der Waals surface area contributed by atoms with Crippen molar-refractivity contribution in [1.29, 1.82) is 0 Å². The first-order chi connectivity index (χ1) is 12.7. The van der Waals surface area contributed by atoms with Crippen LogP contribution in [0.25, 0.3) is 0 Å². The van der Waals surface area contributed by atoms with E-state index in [1.54, 1.807) is 14.2 Å². The van der Waals surface area contributed by atoms with Crippen LogP contribution in [0.5, 0.6) is 11.5 Å². The molecule has 2 aromatic rings. The third kappa shape index (κ3) is 2.82. The number of amides is 1. The molecule has 0 saturated carbocycles. The summed E-state index contributed by atoms with van der Waals surface area (Å²) in [6.07, 6.45) is 1.66. The quantitative estimate of drug-likeness (QED) is 0.907. The van der Waals surface area contributed by atoms with Crippen LogP contribution in [0, 0.1) is 0 Å². The largest absolute Gasteiger partial charge is 0.493 e. The maximum absolute atomic E-state index is 13.0. The number of aromatic nitrogens is 2. The molecule has 7 heteroatoms. The van der Waals surface area contributed by atoms with Crippen LogP contribution in [0.4, 0.5) is 0 Å². The first kappa shape index (κ1) is 16.9. The molecule has 1 fully saturated rings. The molecule has 1 aromatic heterocycles. The fraction of sp³-hybridized carbons (Fsp3) is 0.474. The number of nitrogens with zero attached hydrogens (tertiary/aromatic N) is 2. The number of para-hydroxylation sites is 1. The van der Waals surface area contributed by atoms with Gasteiger partial charge in [-0.2, -0.15) is 5.10 Å². The molecule has 138 valence electrons. The number of benzene rings is 1. The zero-order valence-corrected chi connectivity index (χ0v) is 15.1. The molecule has 1 unspecified atom stereocenters. The minimum absolute atomic E-state index is 0.0302. The SMILES string of the molecule is COc1cccc(C2CCN(C(=O)c3n[nH]c4c3COCC4)C2)c1OC. The van der Waals surface area contributed by atoms with Crippen LogP contribution in [0.15, 0.2) is 18.2 Å². The number of hydrogen-bond acceptors (Lipinski definition) is 5. The molecule has 7 nitrogen and oxygen atoms in total. The molecule has 0 aliphatic carbocycles. The van der Waals surface area contributed by atoms with E-state index in [1.807, 2.05) is 23.1 Å². The molecular formula is C19H23N3O4. The van der Waals surface area contributed by atoms with Crippen LogP contribution < -0.4 is 9.47 Å². The Morgan fingerprint density at radius 3 is 3.04 bits per heavy atom. The lowest BCUT2D eigenvalue weighted by Gasteiger charge is -2.19. The molecule has 0 spiro atoms. The van der Waals surface area contributed by atoms with Crippen LogP contribution in [0.3, 0.4) is 0 Å². The van der Waals surface area contributed by atoms with Crippen molar-refractivity contribution in [1.82, 2.24) is 15.1 Å². The zero-order valence-electron chi connectivity index (χ0n) is 15.1. The first-order valence-corrected chi connectivity index (χ1v) is 8.87. The van der Waals surface area contributed by atoms with E-state index in [-0.39, 0.29) is 11.8 Å². The summed E-state index contributed by atoms with van der Waals surface area (Å²) in [4.78, 5) is 14.8. The Bertz CT molecular complexity index is 817. The Balaban J connectivity index is 1.54. The summed E-state index contributed by atoms with van der Waals surface area (Å²) in [5.74, 6) is 1.65. The Kier molecular flexibility index (Phi) is 4.55. The predicted octanol–water partition coefficient (Wildman–Crippen LogP) is 2.13. The Morgan fingerprint density at radius 2 is 2.23 bits per heavy atom. The number of nitrogens with one attached hydrogen (secondary N) is 1. The fourth-order valence-corrected chi connectivity index (χ4v) is 3.87. The van der Waals surface area contributed by atoms with E-state index < -0.39 is 0 Å². The van der Waals surface area contributed by atoms with Gasteiger partial charge in [-0.15, -0.1) is 0 Å². The van der Waals surface area contributed by atoms with Crippen molar-refractivity contribution in [3.8, 4) is 11.5 Å². The standard InChI is InChI=1S/C19H23N3O4/c1-24-16-5-3-4-13(18(16)25-2)12-6-8-22(10-12)19(23)17-14-11-26-9-7-15(14)20-21-17/h3-5,12H,6-11H2,1-2H3,(H,20,21). The molecule has 1 aromatic carbocycles. The molecule has 2 aliphatic rings. The van der Waals surface area contributed by atoms with Crippen LogP contribution in [-0.2, 0) is 17.8 Å². The zero-order chi connectivity index (χ0) is 18.1. The number of hydrogen-bond donors (Lipinski definition) is 1.